The molecule has 0 saturated heterocycles. The van der Waals surface area contributed by atoms with Gasteiger partial charge in [0.25, 0.3) is 5.91 Å². The Balaban J connectivity index is 1.46. The van der Waals surface area contributed by atoms with Crippen molar-refractivity contribution in [2.45, 2.75) is 88.8 Å². The molecule has 0 spiro atoms. The van der Waals surface area contributed by atoms with Crippen molar-refractivity contribution < 1.29 is 9.59 Å². The predicted octanol–water partition coefficient (Wildman–Crippen LogP) is 3.73. The smallest absolute Gasteiger partial charge is 0.262 e. The average molecular weight is 380 g/mol. The van der Waals surface area contributed by atoms with Crippen LogP contribution in [0.4, 0.5) is 0 Å². The molecule has 2 aliphatic carbocycles. The zero-order valence-corrected chi connectivity index (χ0v) is 16.9. The van der Waals surface area contributed by atoms with Crippen LogP contribution >= 0.6 is 11.8 Å². The second-order valence-corrected chi connectivity index (χ2v) is 9.11. The van der Waals surface area contributed by atoms with E-state index in [1.807, 2.05) is 11.8 Å². The van der Waals surface area contributed by atoms with Crippen LogP contribution in [0.15, 0.2) is 4.99 Å². The molecule has 6 heteroatoms. The zero-order chi connectivity index (χ0) is 18.4. The Bertz CT molecular complexity index is 525. The van der Waals surface area contributed by atoms with Crippen LogP contribution in [0.1, 0.15) is 77.6 Å². The molecule has 1 heterocycles. The number of hydrogen-bond acceptors (Lipinski definition) is 4. The Morgan fingerprint density at radius 1 is 1.12 bits per heavy atom. The maximum absolute atomic E-state index is 12.8. The topological polar surface area (TPSA) is 61.8 Å². The van der Waals surface area contributed by atoms with E-state index in [9.17, 15) is 9.59 Å². The summed E-state index contributed by atoms with van der Waals surface area (Å²) in [7, 11) is 0. The number of nitrogens with one attached hydrogen (secondary N) is 1. The monoisotopic (exact) mass is 379 g/mol. The lowest BCUT2D eigenvalue weighted by Crippen LogP contribution is -2.42. The van der Waals surface area contributed by atoms with Crippen LogP contribution in [0.2, 0.25) is 0 Å². The Kier molecular flexibility index (Phi) is 7.41. The second-order valence-electron chi connectivity index (χ2n) is 7.92. The van der Waals surface area contributed by atoms with Crippen molar-refractivity contribution in [1.29, 1.82) is 0 Å². The quantitative estimate of drug-likeness (QED) is 0.764. The number of carbonyl (C=O) groups excluding carboxylic acids is 2. The first-order valence-corrected chi connectivity index (χ1v) is 11.4. The van der Waals surface area contributed by atoms with Gasteiger partial charge >= 0.3 is 0 Å². The lowest BCUT2D eigenvalue weighted by atomic mass is 9.89. The number of rotatable bonds is 6. The summed E-state index contributed by atoms with van der Waals surface area (Å²) in [5.41, 5.74) is 0. The number of aliphatic imine (C=N–C) groups is 1. The standard InChI is InChI=1S/C20H33N3O2S/c1-2-23(16-11-7-4-8-12-16)18(24)13-17-19(25)22-20(26-17)21-14-15-9-5-3-6-10-15/h15-17H,2-14H2,1H3,(H,21,22,25). The van der Waals surface area contributed by atoms with Crippen LogP contribution in [-0.4, -0.2) is 46.3 Å². The molecule has 146 valence electrons. The molecule has 3 rings (SSSR count). The van der Waals surface area contributed by atoms with E-state index in [0.717, 1.165) is 31.1 Å². The summed E-state index contributed by atoms with van der Waals surface area (Å²) in [4.78, 5) is 31.2. The summed E-state index contributed by atoms with van der Waals surface area (Å²) in [6.07, 6.45) is 12.7. The Morgan fingerprint density at radius 3 is 2.42 bits per heavy atom. The predicted molar refractivity (Wildman–Crippen MR) is 107 cm³/mol. The molecule has 1 aliphatic heterocycles. The highest BCUT2D eigenvalue weighted by Crippen LogP contribution is 2.28. The van der Waals surface area contributed by atoms with Gasteiger partial charge in [0, 0.05) is 25.6 Å². The number of amidine groups is 1. The Labute approximate surface area is 161 Å². The SMILES string of the molecule is CCN(C(=O)CC1SC(NCC2CCCCC2)=NC1=O)C1CCCCC1. The molecule has 1 unspecified atom stereocenters. The molecule has 0 aromatic carbocycles. The number of nitrogens with zero attached hydrogens (tertiary/aromatic N) is 2. The van der Waals surface area contributed by atoms with Gasteiger partial charge in [0.1, 0.15) is 5.25 Å². The molecule has 0 aromatic rings. The van der Waals surface area contributed by atoms with Crippen LogP contribution in [0.5, 0.6) is 0 Å². The number of thioether (sulfide) groups is 1. The normalized spacial score (nSPS) is 25.2. The maximum atomic E-state index is 12.8. The molecule has 3 aliphatic rings. The molecule has 2 amide bonds. The van der Waals surface area contributed by atoms with Gasteiger partial charge < -0.3 is 10.2 Å². The van der Waals surface area contributed by atoms with E-state index >= 15 is 0 Å². The van der Waals surface area contributed by atoms with Gasteiger partial charge in [-0.2, -0.15) is 4.99 Å². The largest absolute Gasteiger partial charge is 0.364 e. The van der Waals surface area contributed by atoms with Gasteiger partial charge in [0.05, 0.1) is 0 Å². The summed E-state index contributed by atoms with van der Waals surface area (Å²) < 4.78 is 0. The van der Waals surface area contributed by atoms with Gasteiger partial charge in [-0.1, -0.05) is 50.3 Å². The highest BCUT2D eigenvalue weighted by Gasteiger charge is 2.33. The number of hydrogen-bond donors (Lipinski definition) is 1. The molecule has 0 aromatic heterocycles. The van der Waals surface area contributed by atoms with E-state index < -0.39 is 0 Å². The second kappa shape index (κ2) is 9.77. The third kappa shape index (κ3) is 5.24. The van der Waals surface area contributed by atoms with Crippen LogP contribution < -0.4 is 5.32 Å². The van der Waals surface area contributed by atoms with E-state index in [1.54, 1.807) is 0 Å². The lowest BCUT2D eigenvalue weighted by molar-refractivity contribution is -0.135. The molecular weight excluding hydrogens is 346 g/mol. The van der Waals surface area contributed by atoms with Crippen LogP contribution in [-0.2, 0) is 9.59 Å². The summed E-state index contributed by atoms with van der Waals surface area (Å²) in [5.74, 6) is 0.674. The van der Waals surface area contributed by atoms with Gasteiger partial charge in [-0.25, -0.2) is 0 Å². The third-order valence-corrected chi connectivity index (χ3v) is 7.16. The van der Waals surface area contributed by atoms with Crippen molar-refractivity contribution in [3.8, 4) is 0 Å². The molecule has 5 nitrogen and oxygen atoms in total. The van der Waals surface area contributed by atoms with Crippen molar-refractivity contribution in [3.05, 3.63) is 0 Å². The fourth-order valence-electron chi connectivity index (χ4n) is 4.52. The number of carbonyl (C=O) groups is 2. The Morgan fingerprint density at radius 2 is 1.77 bits per heavy atom. The molecule has 1 N–H and O–H groups in total. The molecule has 0 radical (unpaired) electrons. The summed E-state index contributed by atoms with van der Waals surface area (Å²) >= 11 is 1.45. The minimum Gasteiger partial charge on any atom is -0.364 e. The molecule has 26 heavy (non-hydrogen) atoms. The summed E-state index contributed by atoms with van der Waals surface area (Å²) in [5, 5.41) is 3.74. The summed E-state index contributed by atoms with van der Waals surface area (Å²) in [6, 6.07) is 0.368. The maximum Gasteiger partial charge on any atom is 0.262 e. The van der Waals surface area contributed by atoms with Gasteiger partial charge in [-0.05, 0) is 38.5 Å². The fourth-order valence-corrected chi connectivity index (χ4v) is 5.48. The third-order valence-electron chi connectivity index (χ3n) is 6.04. The first kappa shape index (κ1) is 19.7. The van der Waals surface area contributed by atoms with E-state index in [4.69, 9.17) is 0 Å². The minimum absolute atomic E-state index is 0.119. The molecule has 0 bridgehead atoms. The van der Waals surface area contributed by atoms with Gasteiger partial charge in [-0.15, -0.1) is 0 Å². The van der Waals surface area contributed by atoms with Gasteiger partial charge in [-0.3, -0.25) is 9.59 Å². The number of amides is 2. The minimum atomic E-state index is -0.339. The van der Waals surface area contributed by atoms with Crippen molar-refractivity contribution in [2.24, 2.45) is 10.9 Å². The van der Waals surface area contributed by atoms with Crippen molar-refractivity contribution in [2.75, 3.05) is 13.1 Å². The van der Waals surface area contributed by atoms with E-state index in [-0.39, 0.29) is 23.5 Å². The van der Waals surface area contributed by atoms with Crippen molar-refractivity contribution >= 4 is 28.7 Å². The first-order valence-electron chi connectivity index (χ1n) is 10.5. The van der Waals surface area contributed by atoms with Crippen LogP contribution in [0.25, 0.3) is 0 Å². The van der Waals surface area contributed by atoms with Gasteiger partial charge in [0.2, 0.25) is 5.91 Å². The van der Waals surface area contributed by atoms with E-state index in [1.165, 1.54) is 63.1 Å². The van der Waals surface area contributed by atoms with Gasteiger partial charge in [0.15, 0.2) is 5.17 Å². The molecular formula is C20H33N3O2S. The van der Waals surface area contributed by atoms with Crippen LogP contribution in [0, 0.1) is 5.92 Å². The van der Waals surface area contributed by atoms with E-state index in [2.05, 4.69) is 10.3 Å². The first-order chi connectivity index (χ1) is 12.7. The molecule has 2 fully saturated rings. The molecule has 1 atom stereocenters. The van der Waals surface area contributed by atoms with Crippen molar-refractivity contribution in [3.63, 3.8) is 0 Å². The molecule has 2 saturated carbocycles. The van der Waals surface area contributed by atoms with E-state index in [0.29, 0.717) is 12.0 Å². The highest BCUT2D eigenvalue weighted by atomic mass is 32.2. The lowest BCUT2D eigenvalue weighted by Gasteiger charge is -2.34. The fraction of sp³-hybridized carbons (Fsp3) is 0.850. The average Bonchev–Trinajstić information content (AvgIpc) is 3.02. The highest BCUT2D eigenvalue weighted by molar-refractivity contribution is 8.15. The van der Waals surface area contributed by atoms with Crippen LogP contribution in [0.3, 0.4) is 0 Å². The Hall–Kier alpha value is -1.04. The summed E-state index contributed by atoms with van der Waals surface area (Å²) in [6.45, 7) is 3.69. The zero-order valence-electron chi connectivity index (χ0n) is 16.0. The van der Waals surface area contributed by atoms with Crippen molar-refractivity contribution in [1.82, 2.24) is 10.2 Å².